The number of imidazole rings is 1. The molecule has 0 amide bonds. The molecule has 0 spiro atoms. The number of fused-ring (bicyclic) bond motifs is 1. The van der Waals surface area contributed by atoms with Gasteiger partial charge in [0.05, 0.1) is 17.6 Å². The van der Waals surface area contributed by atoms with E-state index in [0.29, 0.717) is 6.54 Å². The maximum absolute atomic E-state index is 11.3. The number of H-pyrrole nitrogens is 1. The standard InChI is InChI=1S/C19H14ClN3O/c20-15-6-2-1-5-14(15)12-23-17-8-4-3-7-16(17)22-19(23)13-9-10-18(24)21-11-13/h1-11H,12H2,(H,21,24). The van der Waals surface area contributed by atoms with Crippen molar-refractivity contribution in [1.29, 1.82) is 0 Å². The van der Waals surface area contributed by atoms with E-state index in [-0.39, 0.29) is 5.56 Å². The number of hydrogen-bond donors (Lipinski definition) is 1. The molecule has 2 aromatic heterocycles. The highest BCUT2D eigenvalue weighted by Gasteiger charge is 2.13. The zero-order valence-electron chi connectivity index (χ0n) is 12.7. The third-order valence-corrected chi connectivity index (χ3v) is 4.35. The Kier molecular flexibility index (Phi) is 3.67. The summed E-state index contributed by atoms with van der Waals surface area (Å²) in [6, 6.07) is 19.0. The Morgan fingerprint density at radius 1 is 1.00 bits per heavy atom. The minimum atomic E-state index is -0.132. The average Bonchev–Trinajstić information content (AvgIpc) is 2.96. The van der Waals surface area contributed by atoms with Crippen molar-refractivity contribution in [2.45, 2.75) is 6.54 Å². The fraction of sp³-hybridized carbons (Fsp3) is 0.0526. The summed E-state index contributed by atoms with van der Waals surface area (Å²) in [5.74, 6) is 0.798. The Hall–Kier alpha value is -2.85. The van der Waals surface area contributed by atoms with Gasteiger partial charge in [-0.05, 0) is 29.8 Å². The second-order valence-corrected chi connectivity index (χ2v) is 5.95. The first-order valence-corrected chi connectivity index (χ1v) is 7.98. The number of rotatable bonds is 3. The van der Waals surface area contributed by atoms with Crippen LogP contribution >= 0.6 is 11.6 Å². The third kappa shape index (κ3) is 2.61. The fourth-order valence-electron chi connectivity index (χ4n) is 2.80. The van der Waals surface area contributed by atoms with E-state index in [9.17, 15) is 4.79 Å². The van der Waals surface area contributed by atoms with E-state index >= 15 is 0 Å². The van der Waals surface area contributed by atoms with Gasteiger partial charge in [0, 0.05) is 22.8 Å². The molecule has 0 saturated carbocycles. The van der Waals surface area contributed by atoms with Crippen LogP contribution in [0.5, 0.6) is 0 Å². The number of nitrogens with zero attached hydrogens (tertiary/aromatic N) is 2. The molecule has 118 valence electrons. The van der Waals surface area contributed by atoms with Gasteiger partial charge in [0.2, 0.25) is 5.56 Å². The summed E-state index contributed by atoms with van der Waals surface area (Å²) in [6.45, 7) is 0.606. The molecule has 0 unspecified atom stereocenters. The number of hydrogen-bond acceptors (Lipinski definition) is 2. The molecule has 0 radical (unpaired) electrons. The van der Waals surface area contributed by atoms with Crippen LogP contribution in [0.25, 0.3) is 22.4 Å². The highest BCUT2D eigenvalue weighted by Crippen LogP contribution is 2.26. The zero-order valence-corrected chi connectivity index (χ0v) is 13.5. The quantitative estimate of drug-likeness (QED) is 0.613. The van der Waals surface area contributed by atoms with Gasteiger partial charge in [-0.25, -0.2) is 4.98 Å². The molecule has 0 aliphatic rings. The normalized spacial score (nSPS) is 11.0. The van der Waals surface area contributed by atoms with Crippen LogP contribution in [-0.2, 0) is 6.54 Å². The summed E-state index contributed by atoms with van der Waals surface area (Å²) in [7, 11) is 0. The molecule has 24 heavy (non-hydrogen) atoms. The van der Waals surface area contributed by atoms with Crippen LogP contribution < -0.4 is 5.56 Å². The van der Waals surface area contributed by atoms with Gasteiger partial charge in [0.15, 0.2) is 0 Å². The van der Waals surface area contributed by atoms with Crippen LogP contribution in [0.3, 0.4) is 0 Å². The summed E-state index contributed by atoms with van der Waals surface area (Å²) in [5.41, 5.74) is 3.68. The number of para-hydroxylation sites is 2. The zero-order chi connectivity index (χ0) is 16.5. The molecule has 0 saturated heterocycles. The first-order valence-electron chi connectivity index (χ1n) is 7.60. The molecule has 2 heterocycles. The number of aromatic amines is 1. The lowest BCUT2D eigenvalue weighted by Gasteiger charge is -2.10. The Morgan fingerprint density at radius 3 is 2.58 bits per heavy atom. The lowest BCUT2D eigenvalue weighted by atomic mass is 10.2. The van der Waals surface area contributed by atoms with Crippen LogP contribution in [0.1, 0.15) is 5.56 Å². The molecule has 0 aliphatic carbocycles. The minimum Gasteiger partial charge on any atom is -0.328 e. The van der Waals surface area contributed by atoms with Gasteiger partial charge in [-0.1, -0.05) is 41.9 Å². The number of benzene rings is 2. The molecule has 2 aromatic carbocycles. The molecular formula is C19H14ClN3O. The number of aromatic nitrogens is 3. The van der Waals surface area contributed by atoms with Gasteiger partial charge in [-0.2, -0.15) is 0 Å². The summed E-state index contributed by atoms with van der Waals surface area (Å²) < 4.78 is 2.12. The summed E-state index contributed by atoms with van der Waals surface area (Å²) >= 11 is 6.33. The molecule has 1 N–H and O–H groups in total. The van der Waals surface area contributed by atoms with Crippen LogP contribution in [0.2, 0.25) is 5.02 Å². The Bertz CT molecular complexity index is 1060. The van der Waals surface area contributed by atoms with Gasteiger partial charge >= 0.3 is 0 Å². The third-order valence-electron chi connectivity index (χ3n) is 3.98. The van der Waals surface area contributed by atoms with Crippen LogP contribution in [0, 0.1) is 0 Å². The Morgan fingerprint density at radius 2 is 1.79 bits per heavy atom. The van der Waals surface area contributed by atoms with Crippen molar-refractivity contribution in [2.75, 3.05) is 0 Å². The van der Waals surface area contributed by atoms with Gasteiger partial charge in [0.25, 0.3) is 0 Å². The van der Waals surface area contributed by atoms with Crippen molar-refractivity contribution >= 4 is 22.6 Å². The molecule has 5 heteroatoms. The Labute approximate surface area is 143 Å². The van der Waals surface area contributed by atoms with E-state index in [1.807, 2.05) is 48.5 Å². The first-order chi connectivity index (χ1) is 11.7. The second-order valence-electron chi connectivity index (χ2n) is 5.54. The van der Waals surface area contributed by atoms with E-state index in [4.69, 9.17) is 16.6 Å². The van der Waals surface area contributed by atoms with Crippen molar-refractivity contribution in [3.63, 3.8) is 0 Å². The van der Waals surface area contributed by atoms with Gasteiger partial charge < -0.3 is 9.55 Å². The predicted octanol–water partition coefficient (Wildman–Crippen LogP) is 4.09. The fourth-order valence-corrected chi connectivity index (χ4v) is 3.00. The molecule has 4 rings (SSSR count). The number of nitrogens with one attached hydrogen (secondary N) is 1. The average molecular weight is 336 g/mol. The van der Waals surface area contributed by atoms with E-state index < -0.39 is 0 Å². The summed E-state index contributed by atoms with van der Waals surface area (Å²) in [4.78, 5) is 18.8. The van der Waals surface area contributed by atoms with E-state index in [1.54, 1.807) is 12.3 Å². The van der Waals surface area contributed by atoms with Crippen LogP contribution in [0.15, 0.2) is 71.7 Å². The maximum Gasteiger partial charge on any atom is 0.247 e. The molecular weight excluding hydrogens is 322 g/mol. The van der Waals surface area contributed by atoms with Crippen molar-refractivity contribution in [1.82, 2.24) is 14.5 Å². The molecule has 0 fully saturated rings. The monoisotopic (exact) mass is 335 g/mol. The summed E-state index contributed by atoms with van der Waals surface area (Å²) in [6.07, 6.45) is 1.69. The first kappa shape index (κ1) is 14.7. The van der Waals surface area contributed by atoms with Gasteiger partial charge in [-0.15, -0.1) is 0 Å². The number of pyridine rings is 1. The van der Waals surface area contributed by atoms with E-state index in [0.717, 1.165) is 33.0 Å². The van der Waals surface area contributed by atoms with Crippen molar-refractivity contribution in [3.8, 4) is 11.4 Å². The SMILES string of the molecule is O=c1ccc(-c2nc3ccccc3n2Cc2ccccc2Cl)c[nH]1. The highest BCUT2D eigenvalue weighted by atomic mass is 35.5. The minimum absolute atomic E-state index is 0.132. The Balaban J connectivity index is 1.92. The largest absolute Gasteiger partial charge is 0.328 e. The highest BCUT2D eigenvalue weighted by molar-refractivity contribution is 6.31. The van der Waals surface area contributed by atoms with Crippen molar-refractivity contribution in [3.05, 3.63) is 87.8 Å². The van der Waals surface area contributed by atoms with E-state index in [1.165, 1.54) is 6.07 Å². The molecule has 4 nitrogen and oxygen atoms in total. The summed E-state index contributed by atoms with van der Waals surface area (Å²) in [5, 5.41) is 0.725. The molecule has 4 aromatic rings. The van der Waals surface area contributed by atoms with Crippen molar-refractivity contribution in [2.24, 2.45) is 0 Å². The van der Waals surface area contributed by atoms with E-state index in [2.05, 4.69) is 9.55 Å². The molecule has 0 atom stereocenters. The maximum atomic E-state index is 11.3. The smallest absolute Gasteiger partial charge is 0.247 e. The lowest BCUT2D eigenvalue weighted by Crippen LogP contribution is -2.06. The van der Waals surface area contributed by atoms with Gasteiger partial charge in [0.1, 0.15) is 5.82 Å². The second kappa shape index (κ2) is 5.98. The van der Waals surface area contributed by atoms with Gasteiger partial charge in [-0.3, -0.25) is 4.79 Å². The molecule has 0 bridgehead atoms. The topological polar surface area (TPSA) is 50.7 Å². The van der Waals surface area contributed by atoms with Crippen LogP contribution in [-0.4, -0.2) is 14.5 Å². The van der Waals surface area contributed by atoms with Crippen molar-refractivity contribution < 1.29 is 0 Å². The lowest BCUT2D eigenvalue weighted by molar-refractivity contribution is 0.834. The molecule has 0 aliphatic heterocycles. The number of halogens is 1. The predicted molar refractivity (Wildman–Crippen MR) is 96.3 cm³/mol. The van der Waals surface area contributed by atoms with Crippen LogP contribution in [0.4, 0.5) is 0 Å².